The maximum absolute atomic E-state index is 12.4. The first kappa shape index (κ1) is 17.6. The lowest BCUT2D eigenvalue weighted by Gasteiger charge is -2.20. The van der Waals surface area contributed by atoms with Crippen LogP contribution in [0.1, 0.15) is 11.6 Å². The second-order valence-electron chi connectivity index (χ2n) is 4.91. The lowest BCUT2D eigenvalue weighted by molar-refractivity contribution is -0.120. The molecule has 0 fully saturated rings. The summed E-state index contributed by atoms with van der Waals surface area (Å²) in [6, 6.07) is 12.8. The summed E-state index contributed by atoms with van der Waals surface area (Å²) in [5.74, 6) is 0.0563. The zero-order valence-electron chi connectivity index (χ0n) is 13.3. The summed E-state index contributed by atoms with van der Waals surface area (Å²) < 4.78 is 5.11. The fourth-order valence-corrected chi connectivity index (χ4v) is 2.37. The quantitative estimate of drug-likeness (QED) is 0.777. The molecule has 1 atom stereocenters. The summed E-state index contributed by atoms with van der Waals surface area (Å²) >= 11 is 6.12. The Labute approximate surface area is 145 Å². The van der Waals surface area contributed by atoms with E-state index in [0.29, 0.717) is 22.0 Å². The molecule has 3 amide bonds. The molecule has 24 heavy (non-hydrogen) atoms. The number of nitrogens with one attached hydrogen (secondary N) is 3. The van der Waals surface area contributed by atoms with Crippen molar-refractivity contribution in [1.82, 2.24) is 10.6 Å². The number of halogens is 1. The van der Waals surface area contributed by atoms with Gasteiger partial charge in [0.2, 0.25) is 0 Å². The first-order valence-electron chi connectivity index (χ1n) is 7.22. The minimum absolute atomic E-state index is 0.418. The lowest BCUT2D eigenvalue weighted by Crippen LogP contribution is -2.42. The number of amides is 3. The van der Waals surface area contributed by atoms with Crippen molar-refractivity contribution in [2.24, 2.45) is 0 Å². The summed E-state index contributed by atoms with van der Waals surface area (Å²) in [7, 11) is 2.97. The largest absolute Gasteiger partial charge is 0.495 e. The van der Waals surface area contributed by atoms with E-state index in [0.717, 1.165) is 0 Å². The number of anilines is 1. The molecule has 0 unspecified atom stereocenters. The van der Waals surface area contributed by atoms with E-state index in [-0.39, 0.29) is 0 Å². The number of ether oxygens (including phenoxy) is 1. The van der Waals surface area contributed by atoms with Gasteiger partial charge < -0.3 is 15.4 Å². The van der Waals surface area contributed by atoms with Crippen molar-refractivity contribution in [2.45, 2.75) is 6.04 Å². The van der Waals surface area contributed by atoms with Crippen molar-refractivity contribution in [3.8, 4) is 5.75 Å². The lowest BCUT2D eigenvalue weighted by atomic mass is 10.1. The minimum atomic E-state index is -0.757. The minimum Gasteiger partial charge on any atom is -0.495 e. The van der Waals surface area contributed by atoms with E-state index in [4.69, 9.17) is 16.3 Å². The number of hydrogen-bond donors (Lipinski definition) is 3. The summed E-state index contributed by atoms with van der Waals surface area (Å²) in [6.07, 6.45) is 0. The normalized spacial score (nSPS) is 11.3. The second kappa shape index (κ2) is 8.21. The fraction of sp³-hybridized carbons (Fsp3) is 0.176. The van der Waals surface area contributed by atoms with Gasteiger partial charge in [-0.15, -0.1) is 0 Å². The number of carbonyl (C=O) groups is 2. The van der Waals surface area contributed by atoms with E-state index >= 15 is 0 Å². The van der Waals surface area contributed by atoms with Gasteiger partial charge in [-0.1, -0.05) is 41.9 Å². The maximum atomic E-state index is 12.4. The number of urea groups is 1. The van der Waals surface area contributed by atoms with E-state index in [1.165, 1.54) is 14.2 Å². The third-order valence-corrected chi connectivity index (χ3v) is 3.62. The van der Waals surface area contributed by atoms with Gasteiger partial charge in [-0.05, 0) is 23.8 Å². The molecule has 0 heterocycles. The maximum Gasteiger partial charge on any atom is 0.321 e. The van der Waals surface area contributed by atoms with Crippen molar-refractivity contribution in [3.05, 3.63) is 59.1 Å². The Hall–Kier alpha value is -2.73. The Balaban J connectivity index is 2.27. The van der Waals surface area contributed by atoms with E-state index < -0.39 is 18.0 Å². The number of hydrogen-bond acceptors (Lipinski definition) is 4. The highest BCUT2D eigenvalue weighted by molar-refractivity contribution is 6.32. The van der Waals surface area contributed by atoms with Crippen LogP contribution in [0, 0.1) is 0 Å². The van der Waals surface area contributed by atoms with E-state index in [1.54, 1.807) is 30.3 Å². The zero-order valence-corrected chi connectivity index (χ0v) is 14.1. The highest BCUT2D eigenvalue weighted by Crippen LogP contribution is 2.29. The van der Waals surface area contributed by atoms with Crippen LogP contribution in [0.3, 0.4) is 0 Å². The number of imide groups is 1. The Morgan fingerprint density at radius 2 is 1.83 bits per heavy atom. The van der Waals surface area contributed by atoms with Gasteiger partial charge in [-0.2, -0.15) is 0 Å². The van der Waals surface area contributed by atoms with Crippen molar-refractivity contribution < 1.29 is 14.3 Å². The Bertz CT molecular complexity index is 722. The molecule has 2 rings (SSSR count). The van der Waals surface area contributed by atoms with Crippen molar-refractivity contribution >= 4 is 29.2 Å². The first-order chi connectivity index (χ1) is 11.5. The molecule has 0 saturated heterocycles. The Morgan fingerprint density at radius 3 is 2.42 bits per heavy atom. The van der Waals surface area contributed by atoms with Crippen molar-refractivity contribution in [2.75, 3.05) is 19.5 Å². The van der Waals surface area contributed by atoms with Gasteiger partial charge in [0.05, 0.1) is 12.1 Å². The van der Waals surface area contributed by atoms with E-state index in [2.05, 4.69) is 16.0 Å². The Kier molecular flexibility index (Phi) is 6.03. The Morgan fingerprint density at radius 1 is 1.12 bits per heavy atom. The van der Waals surface area contributed by atoms with Crippen molar-refractivity contribution in [3.63, 3.8) is 0 Å². The summed E-state index contributed by atoms with van der Waals surface area (Å²) in [5.41, 5.74) is 1.34. The smallest absolute Gasteiger partial charge is 0.321 e. The highest BCUT2D eigenvalue weighted by Gasteiger charge is 2.22. The average Bonchev–Trinajstić information content (AvgIpc) is 2.60. The topological polar surface area (TPSA) is 79.5 Å². The van der Waals surface area contributed by atoms with Gasteiger partial charge in [0.1, 0.15) is 11.8 Å². The summed E-state index contributed by atoms with van der Waals surface area (Å²) in [6.45, 7) is 0. The number of benzene rings is 2. The molecule has 6 nitrogen and oxygen atoms in total. The third-order valence-electron chi connectivity index (χ3n) is 3.32. The molecule has 3 N–H and O–H groups in total. The molecule has 7 heteroatoms. The van der Waals surface area contributed by atoms with Crippen molar-refractivity contribution in [1.29, 1.82) is 0 Å². The third kappa shape index (κ3) is 4.39. The zero-order chi connectivity index (χ0) is 17.5. The summed E-state index contributed by atoms with van der Waals surface area (Å²) in [4.78, 5) is 23.9. The number of methoxy groups -OCH3 is 1. The standard InChI is InChI=1S/C17H18ClN3O3/c1-19-17(23)21-16(22)15(11-6-4-3-5-7-11)20-12-8-9-14(24-2)13(18)10-12/h3-10,15,20H,1-2H3,(H2,19,21,22,23)/t15-/m1/s1. The van der Waals surface area contributed by atoms with Crippen LogP contribution in [-0.2, 0) is 4.79 Å². The van der Waals surface area contributed by atoms with Crippen LogP contribution in [0.15, 0.2) is 48.5 Å². The van der Waals surface area contributed by atoms with Crippen LogP contribution in [-0.4, -0.2) is 26.1 Å². The molecule has 0 bridgehead atoms. The molecule has 126 valence electrons. The van der Waals surface area contributed by atoms with Gasteiger partial charge in [0.25, 0.3) is 5.91 Å². The van der Waals surface area contributed by atoms with Crippen LogP contribution in [0.4, 0.5) is 10.5 Å². The van der Waals surface area contributed by atoms with E-state index in [9.17, 15) is 9.59 Å². The molecule has 0 radical (unpaired) electrons. The monoisotopic (exact) mass is 347 g/mol. The molecular formula is C17H18ClN3O3. The van der Waals surface area contributed by atoms with Gasteiger partial charge >= 0.3 is 6.03 Å². The molecule has 0 spiro atoms. The van der Waals surface area contributed by atoms with Crippen LogP contribution >= 0.6 is 11.6 Å². The second-order valence-corrected chi connectivity index (χ2v) is 5.31. The molecule has 2 aromatic rings. The van der Waals surface area contributed by atoms with Gasteiger partial charge in [0, 0.05) is 12.7 Å². The predicted octanol–water partition coefficient (Wildman–Crippen LogP) is 2.96. The first-order valence-corrected chi connectivity index (χ1v) is 7.60. The highest BCUT2D eigenvalue weighted by atomic mass is 35.5. The fourth-order valence-electron chi connectivity index (χ4n) is 2.12. The van der Waals surface area contributed by atoms with Gasteiger partial charge in [-0.3, -0.25) is 10.1 Å². The van der Waals surface area contributed by atoms with Crippen LogP contribution in [0.2, 0.25) is 5.02 Å². The molecule has 0 aromatic heterocycles. The SMILES string of the molecule is CNC(=O)NC(=O)[C@H](Nc1ccc(OC)c(Cl)c1)c1ccccc1. The van der Waals surface area contributed by atoms with E-state index in [1.807, 2.05) is 18.2 Å². The number of carbonyl (C=O) groups excluding carboxylic acids is 2. The van der Waals surface area contributed by atoms with Gasteiger partial charge in [0.15, 0.2) is 0 Å². The average molecular weight is 348 g/mol. The van der Waals surface area contributed by atoms with Crippen LogP contribution < -0.4 is 20.7 Å². The predicted molar refractivity (Wildman–Crippen MR) is 93.4 cm³/mol. The molecular weight excluding hydrogens is 330 g/mol. The van der Waals surface area contributed by atoms with Gasteiger partial charge in [-0.25, -0.2) is 4.79 Å². The van der Waals surface area contributed by atoms with Crippen LogP contribution in [0.25, 0.3) is 0 Å². The number of rotatable bonds is 5. The van der Waals surface area contributed by atoms with Crippen LogP contribution in [0.5, 0.6) is 5.75 Å². The molecule has 2 aromatic carbocycles. The molecule has 0 aliphatic heterocycles. The summed E-state index contributed by atoms with van der Waals surface area (Å²) in [5, 5.41) is 8.13. The molecule has 0 aliphatic carbocycles. The molecule has 0 aliphatic rings. The molecule has 0 saturated carbocycles.